The van der Waals surface area contributed by atoms with Crippen LogP contribution in [0.4, 0.5) is 0 Å². The molecule has 2 aromatic rings. The topological polar surface area (TPSA) is 39.4 Å². The lowest BCUT2D eigenvalue weighted by Crippen LogP contribution is -2.03. The molecule has 0 spiro atoms. The molecule has 0 aliphatic heterocycles. The maximum Gasteiger partial charge on any atom is 0.202 e. The Balaban J connectivity index is 2.17. The summed E-state index contributed by atoms with van der Waals surface area (Å²) >= 11 is 3.40. The van der Waals surface area contributed by atoms with Crippen LogP contribution in [0.1, 0.15) is 21.7 Å². The summed E-state index contributed by atoms with van der Waals surface area (Å²) in [6.45, 7) is 1.86. The Hall–Kier alpha value is -1.55. The summed E-state index contributed by atoms with van der Waals surface area (Å²) in [4.78, 5) is 12.0. The molecule has 94 valence electrons. The first-order chi connectivity index (χ1) is 8.61. The Morgan fingerprint density at radius 3 is 2.72 bits per heavy atom. The van der Waals surface area contributed by atoms with Crippen LogP contribution in [0.5, 0.6) is 5.75 Å². The predicted octanol–water partition coefficient (Wildman–Crippen LogP) is 3.78. The number of rotatable bonds is 4. The van der Waals surface area contributed by atoms with Gasteiger partial charge in [-0.25, -0.2) is 0 Å². The van der Waals surface area contributed by atoms with Crippen molar-refractivity contribution in [3.05, 3.63) is 51.9 Å². The molecule has 0 saturated heterocycles. The average molecular weight is 309 g/mol. The maximum atomic E-state index is 12.0. The van der Waals surface area contributed by atoms with Gasteiger partial charge >= 0.3 is 0 Å². The van der Waals surface area contributed by atoms with E-state index in [4.69, 9.17) is 9.15 Å². The van der Waals surface area contributed by atoms with Crippen LogP contribution in [-0.2, 0) is 6.42 Å². The highest BCUT2D eigenvalue weighted by Crippen LogP contribution is 2.26. The van der Waals surface area contributed by atoms with E-state index in [1.54, 1.807) is 13.2 Å². The first-order valence-corrected chi connectivity index (χ1v) is 6.31. The van der Waals surface area contributed by atoms with Gasteiger partial charge in [0.15, 0.2) is 5.76 Å². The zero-order valence-electron chi connectivity index (χ0n) is 10.2. The fourth-order valence-corrected chi connectivity index (χ4v) is 2.33. The van der Waals surface area contributed by atoms with E-state index in [9.17, 15) is 4.79 Å². The molecule has 1 aromatic carbocycles. The quantitative estimate of drug-likeness (QED) is 0.807. The number of hydrogen-bond acceptors (Lipinski definition) is 3. The lowest BCUT2D eigenvalue weighted by Gasteiger charge is -2.05. The summed E-state index contributed by atoms with van der Waals surface area (Å²) in [5.74, 6) is 1.16. The minimum Gasteiger partial charge on any atom is -0.496 e. The van der Waals surface area contributed by atoms with E-state index in [1.807, 2.05) is 25.1 Å². The van der Waals surface area contributed by atoms with Gasteiger partial charge in [-0.2, -0.15) is 0 Å². The number of furan rings is 1. The third-order valence-electron chi connectivity index (χ3n) is 2.70. The number of Topliss-reactive ketones (excluding diaryl/α,β-unsaturated/α-hetero) is 1. The number of aryl methyl sites for hydroxylation is 1. The van der Waals surface area contributed by atoms with Crippen molar-refractivity contribution in [3.8, 4) is 5.75 Å². The Morgan fingerprint density at radius 2 is 2.17 bits per heavy atom. The van der Waals surface area contributed by atoms with Crippen LogP contribution in [0, 0.1) is 6.92 Å². The number of ether oxygens (including phenoxy) is 1. The summed E-state index contributed by atoms with van der Waals surface area (Å²) in [6.07, 6.45) is 1.85. The summed E-state index contributed by atoms with van der Waals surface area (Å²) < 4.78 is 11.2. The lowest BCUT2D eigenvalue weighted by molar-refractivity contribution is 0.0965. The van der Waals surface area contributed by atoms with Crippen molar-refractivity contribution < 1.29 is 13.9 Å². The number of hydrogen-bond donors (Lipinski definition) is 0. The molecular weight excluding hydrogens is 296 g/mol. The van der Waals surface area contributed by atoms with Crippen molar-refractivity contribution in [2.45, 2.75) is 13.3 Å². The first-order valence-electron chi connectivity index (χ1n) is 5.51. The van der Waals surface area contributed by atoms with Gasteiger partial charge in [0.2, 0.25) is 5.78 Å². The van der Waals surface area contributed by atoms with Crippen LogP contribution in [0.25, 0.3) is 0 Å². The Morgan fingerprint density at radius 1 is 1.39 bits per heavy atom. The van der Waals surface area contributed by atoms with E-state index in [-0.39, 0.29) is 5.78 Å². The molecule has 1 aromatic heterocycles. The average Bonchev–Trinajstić information content (AvgIpc) is 2.76. The van der Waals surface area contributed by atoms with Gasteiger partial charge in [-0.05, 0) is 52.2 Å². The predicted molar refractivity (Wildman–Crippen MR) is 72.2 cm³/mol. The third kappa shape index (κ3) is 2.64. The van der Waals surface area contributed by atoms with Crippen LogP contribution in [0.2, 0.25) is 0 Å². The number of benzene rings is 1. The second-order valence-corrected chi connectivity index (χ2v) is 4.86. The van der Waals surface area contributed by atoms with Crippen LogP contribution < -0.4 is 4.74 Å². The van der Waals surface area contributed by atoms with Gasteiger partial charge in [-0.1, -0.05) is 6.07 Å². The molecule has 0 bridgehead atoms. The van der Waals surface area contributed by atoms with Crippen molar-refractivity contribution in [2.24, 2.45) is 0 Å². The van der Waals surface area contributed by atoms with E-state index in [1.165, 1.54) is 6.26 Å². The van der Waals surface area contributed by atoms with E-state index in [0.717, 1.165) is 21.3 Å². The summed E-state index contributed by atoms with van der Waals surface area (Å²) in [7, 11) is 1.61. The van der Waals surface area contributed by atoms with Crippen LogP contribution in [-0.4, -0.2) is 12.9 Å². The molecule has 3 nitrogen and oxygen atoms in total. The SMILES string of the molecule is COc1ccc(CC(=O)c2occc2C)cc1Br. The molecule has 1 heterocycles. The molecule has 2 rings (SSSR count). The minimum atomic E-state index is -0.0189. The number of carbonyl (C=O) groups excluding carboxylic acids is 1. The van der Waals surface area contributed by atoms with Crippen LogP contribution in [0.15, 0.2) is 39.4 Å². The lowest BCUT2D eigenvalue weighted by atomic mass is 10.1. The van der Waals surface area contributed by atoms with Gasteiger partial charge in [-0.15, -0.1) is 0 Å². The van der Waals surface area contributed by atoms with Crippen molar-refractivity contribution in [1.29, 1.82) is 0 Å². The number of methoxy groups -OCH3 is 1. The molecule has 0 aliphatic rings. The number of ketones is 1. The standard InChI is InChI=1S/C14H13BrO3/c1-9-5-6-18-14(9)12(16)8-10-3-4-13(17-2)11(15)7-10/h3-7H,8H2,1-2H3. The molecule has 0 aliphatic carbocycles. The molecule has 0 saturated carbocycles. The Bertz CT molecular complexity index is 572. The Labute approximate surface area is 114 Å². The molecule has 18 heavy (non-hydrogen) atoms. The highest BCUT2D eigenvalue weighted by Gasteiger charge is 2.14. The minimum absolute atomic E-state index is 0.0189. The van der Waals surface area contributed by atoms with E-state index in [2.05, 4.69) is 15.9 Å². The molecule has 0 radical (unpaired) electrons. The van der Waals surface area contributed by atoms with Crippen molar-refractivity contribution >= 4 is 21.7 Å². The zero-order chi connectivity index (χ0) is 13.1. The van der Waals surface area contributed by atoms with E-state index < -0.39 is 0 Å². The van der Waals surface area contributed by atoms with Crippen molar-refractivity contribution in [3.63, 3.8) is 0 Å². The van der Waals surface area contributed by atoms with Gasteiger partial charge in [0.05, 0.1) is 17.8 Å². The zero-order valence-corrected chi connectivity index (χ0v) is 11.8. The first kappa shape index (κ1) is 12.9. The normalized spacial score (nSPS) is 10.4. The highest BCUT2D eigenvalue weighted by atomic mass is 79.9. The van der Waals surface area contributed by atoms with Gasteiger partial charge in [-0.3, -0.25) is 4.79 Å². The monoisotopic (exact) mass is 308 g/mol. The highest BCUT2D eigenvalue weighted by molar-refractivity contribution is 9.10. The number of carbonyl (C=O) groups is 1. The summed E-state index contributed by atoms with van der Waals surface area (Å²) in [6, 6.07) is 7.38. The maximum absolute atomic E-state index is 12.0. The second-order valence-electron chi connectivity index (χ2n) is 4.00. The second kappa shape index (κ2) is 5.40. The number of halogens is 1. The van der Waals surface area contributed by atoms with E-state index in [0.29, 0.717) is 12.2 Å². The molecule has 4 heteroatoms. The van der Waals surface area contributed by atoms with Crippen molar-refractivity contribution in [1.82, 2.24) is 0 Å². The van der Waals surface area contributed by atoms with Gasteiger partial charge in [0.25, 0.3) is 0 Å². The van der Waals surface area contributed by atoms with Crippen LogP contribution >= 0.6 is 15.9 Å². The van der Waals surface area contributed by atoms with Crippen molar-refractivity contribution in [2.75, 3.05) is 7.11 Å². The fourth-order valence-electron chi connectivity index (χ4n) is 1.74. The smallest absolute Gasteiger partial charge is 0.202 e. The molecule has 0 amide bonds. The summed E-state index contributed by atoms with van der Waals surface area (Å²) in [5.41, 5.74) is 1.79. The van der Waals surface area contributed by atoms with Crippen LogP contribution in [0.3, 0.4) is 0 Å². The fraction of sp³-hybridized carbons (Fsp3) is 0.214. The molecule has 0 N–H and O–H groups in total. The molecular formula is C14H13BrO3. The largest absolute Gasteiger partial charge is 0.496 e. The van der Waals surface area contributed by atoms with Gasteiger partial charge in [0, 0.05) is 6.42 Å². The molecule has 0 atom stereocenters. The Kier molecular flexibility index (Phi) is 3.87. The third-order valence-corrected chi connectivity index (χ3v) is 3.32. The van der Waals surface area contributed by atoms with Gasteiger partial charge in [0.1, 0.15) is 5.75 Å². The molecule has 0 fully saturated rings. The molecule has 0 unspecified atom stereocenters. The summed E-state index contributed by atoms with van der Waals surface area (Å²) in [5, 5.41) is 0. The van der Waals surface area contributed by atoms with E-state index >= 15 is 0 Å². The van der Waals surface area contributed by atoms with Gasteiger partial charge < -0.3 is 9.15 Å².